The Morgan fingerprint density at radius 2 is 1.55 bits per heavy atom. The van der Waals surface area contributed by atoms with Gasteiger partial charge in [-0.05, 0) is 72.3 Å². The molecule has 0 radical (unpaired) electrons. The van der Waals surface area contributed by atoms with Crippen LogP contribution in [0.3, 0.4) is 0 Å². The lowest BCUT2D eigenvalue weighted by Gasteiger charge is -2.15. The maximum absolute atomic E-state index is 14.7. The summed E-state index contributed by atoms with van der Waals surface area (Å²) in [7, 11) is 0. The van der Waals surface area contributed by atoms with Crippen molar-refractivity contribution in [3.63, 3.8) is 0 Å². The zero-order chi connectivity index (χ0) is 20.4. The monoisotopic (exact) mass is 411 g/mol. The van der Waals surface area contributed by atoms with Crippen LogP contribution in [0.1, 0.15) is 18.4 Å². The lowest BCUT2D eigenvalue weighted by Crippen LogP contribution is -2.03. The summed E-state index contributed by atoms with van der Waals surface area (Å²) >= 11 is 1.45. The minimum Gasteiger partial charge on any atom is -0.349 e. The second-order valence-corrected chi connectivity index (χ2v) is 7.82. The van der Waals surface area contributed by atoms with Crippen LogP contribution < -0.4 is 10.0 Å². The van der Waals surface area contributed by atoms with Gasteiger partial charge in [-0.25, -0.2) is 13.2 Å². The Morgan fingerprint density at radius 1 is 0.862 bits per heavy atom. The van der Waals surface area contributed by atoms with E-state index in [2.05, 4.69) is 10.0 Å². The molecule has 0 amide bonds. The first kappa shape index (κ1) is 19.2. The third-order valence-electron chi connectivity index (χ3n) is 4.53. The highest BCUT2D eigenvalue weighted by molar-refractivity contribution is 8.01. The van der Waals surface area contributed by atoms with E-state index >= 15 is 0 Å². The van der Waals surface area contributed by atoms with E-state index in [1.807, 2.05) is 6.07 Å². The van der Waals surface area contributed by atoms with Crippen molar-refractivity contribution < 1.29 is 13.2 Å². The molecule has 1 aliphatic rings. The normalized spacial score (nSPS) is 13.0. The maximum Gasteiger partial charge on any atom is 0.184 e. The molecule has 0 spiro atoms. The van der Waals surface area contributed by atoms with Crippen molar-refractivity contribution in [2.75, 3.05) is 10.0 Å². The van der Waals surface area contributed by atoms with Crippen molar-refractivity contribution in [1.29, 1.82) is 5.26 Å². The molecule has 0 atom stereocenters. The van der Waals surface area contributed by atoms with Gasteiger partial charge in [0.1, 0.15) is 11.5 Å². The lowest BCUT2D eigenvalue weighted by molar-refractivity contribution is 0.512. The summed E-state index contributed by atoms with van der Waals surface area (Å²) in [6.45, 7) is 0. The molecular formula is C22H16F3N3S. The number of nitrogens with zero attached hydrogens (tertiary/aromatic N) is 1. The molecule has 3 aromatic carbocycles. The highest BCUT2D eigenvalue weighted by Crippen LogP contribution is 2.38. The van der Waals surface area contributed by atoms with Crippen molar-refractivity contribution in [3.05, 3.63) is 77.6 Å². The Morgan fingerprint density at radius 3 is 2.21 bits per heavy atom. The molecular weight excluding hydrogens is 395 g/mol. The third kappa shape index (κ3) is 4.33. The second-order valence-electron chi connectivity index (χ2n) is 6.71. The van der Waals surface area contributed by atoms with E-state index in [-0.39, 0.29) is 11.4 Å². The summed E-state index contributed by atoms with van der Waals surface area (Å²) in [6.07, 6.45) is 2.16. The van der Waals surface area contributed by atoms with Crippen LogP contribution in [0, 0.1) is 28.8 Å². The minimum atomic E-state index is -1.07. The predicted molar refractivity (Wildman–Crippen MR) is 110 cm³/mol. The van der Waals surface area contributed by atoms with Crippen LogP contribution in [-0.4, -0.2) is 5.25 Å². The molecule has 1 fully saturated rings. The molecule has 0 aromatic heterocycles. The average molecular weight is 411 g/mol. The minimum absolute atomic E-state index is 0.0337. The standard InChI is InChI=1S/C22H16F3N3S/c23-17-8-10-20(28-29-16-6-7-16)22(21(17)25)27-19-9-5-15(11-18(19)24)14-3-1-13(12-26)2-4-14/h1-5,8-11,16,27-28H,6-7H2. The first-order valence-corrected chi connectivity index (χ1v) is 9.90. The van der Waals surface area contributed by atoms with Gasteiger partial charge in [-0.3, -0.25) is 0 Å². The van der Waals surface area contributed by atoms with Crippen molar-refractivity contribution in [2.24, 2.45) is 0 Å². The summed E-state index contributed by atoms with van der Waals surface area (Å²) in [5.74, 6) is -2.68. The van der Waals surface area contributed by atoms with Crippen molar-refractivity contribution in [3.8, 4) is 17.2 Å². The van der Waals surface area contributed by atoms with E-state index < -0.39 is 17.5 Å². The maximum atomic E-state index is 14.7. The first-order chi connectivity index (χ1) is 14.0. The Bertz CT molecular complexity index is 1090. The molecule has 0 heterocycles. The van der Waals surface area contributed by atoms with Crippen LogP contribution in [0.25, 0.3) is 11.1 Å². The number of halogens is 3. The smallest absolute Gasteiger partial charge is 0.184 e. The summed E-state index contributed by atoms with van der Waals surface area (Å²) in [5.41, 5.74) is 2.12. The molecule has 146 valence electrons. The second kappa shape index (κ2) is 8.10. The zero-order valence-corrected chi connectivity index (χ0v) is 16.0. The Hall–Kier alpha value is -3.11. The van der Waals surface area contributed by atoms with Gasteiger partial charge in [0, 0.05) is 5.25 Å². The van der Waals surface area contributed by atoms with Gasteiger partial charge in [0.05, 0.1) is 23.0 Å². The number of rotatable bonds is 6. The average Bonchev–Trinajstić information content (AvgIpc) is 3.56. The molecule has 1 saturated carbocycles. The van der Waals surface area contributed by atoms with Crippen molar-refractivity contribution in [2.45, 2.75) is 18.1 Å². The summed E-state index contributed by atoms with van der Waals surface area (Å²) in [6, 6.07) is 15.7. The number of nitrogens with one attached hydrogen (secondary N) is 2. The fraction of sp³-hybridized carbons (Fsp3) is 0.136. The van der Waals surface area contributed by atoms with Crippen LogP contribution in [0.2, 0.25) is 0 Å². The van der Waals surface area contributed by atoms with E-state index in [0.29, 0.717) is 22.1 Å². The third-order valence-corrected chi connectivity index (χ3v) is 5.67. The molecule has 0 aliphatic heterocycles. The Labute approximate surface area is 170 Å². The Kier molecular flexibility index (Phi) is 5.36. The molecule has 3 nitrogen and oxygen atoms in total. The van der Waals surface area contributed by atoms with Crippen LogP contribution in [0.15, 0.2) is 54.6 Å². The SMILES string of the molecule is N#Cc1ccc(-c2ccc(Nc3c(NSC4CC4)ccc(F)c3F)c(F)c2)cc1. The summed E-state index contributed by atoms with van der Waals surface area (Å²) in [4.78, 5) is 0. The fourth-order valence-electron chi connectivity index (χ4n) is 2.76. The highest BCUT2D eigenvalue weighted by atomic mass is 32.2. The van der Waals surface area contributed by atoms with Gasteiger partial charge in [0.15, 0.2) is 11.6 Å². The molecule has 7 heteroatoms. The van der Waals surface area contributed by atoms with Crippen LogP contribution >= 0.6 is 11.9 Å². The van der Waals surface area contributed by atoms with Crippen LogP contribution in [0.5, 0.6) is 0 Å². The summed E-state index contributed by atoms with van der Waals surface area (Å²) in [5, 5.41) is 12.0. The fourth-order valence-corrected chi connectivity index (χ4v) is 3.59. The van der Waals surface area contributed by atoms with E-state index in [0.717, 1.165) is 24.5 Å². The van der Waals surface area contributed by atoms with E-state index in [4.69, 9.17) is 5.26 Å². The van der Waals surface area contributed by atoms with Crippen LogP contribution in [-0.2, 0) is 0 Å². The van der Waals surface area contributed by atoms with Crippen molar-refractivity contribution in [1.82, 2.24) is 0 Å². The quantitative estimate of drug-likeness (QED) is 0.448. The largest absolute Gasteiger partial charge is 0.349 e. The highest BCUT2D eigenvalue weighted by Gasteiger charge is 2.23. The molecule has 0 saturated heterocycles. The predicted octanol–water partition coefficient (Wildman–Crippen LogP) is 6.61. The van der Waals surface area contributed by atoms with E-state index in [1.165, 1.54) is 30.1 Å². The van der Waals surface area contributed by atoms with Gasteiger partial charge in [-0.15, -0.1) is 0 Å². The number of benzene rings is 3. The van der Waals surface area contributed by atoms with Gasteiger partial charge in [-0.1, -0.05) is 18.2 Å². The lowest BCUT2D eigenvalue weighted by atomic mass is 10.0. The van der Waals surface area contributed by atoms with Crippen molar-refractivity contribution >= 4 is 29.0 Å². The summed E-state index contributed by atoms with van der Waals surface area (Å²) < 4.78 is 45.9. The molecule has 4 rings (SSSR count). The van der Waals surface area contributed by atoms with Gasteiger partial charge >= 0.3 is 0 Å². The van der Waals surface area contributed by atoms with E-state index in [1.54, 1.807) is 30.3 Å². The van der Waals surface area contributed by atoms with Crippen LogP contribution in [0.4, 0.5) is 30.2 Å². The molecule has 29 heavy (non-hydrogen) atoms. The van der Waals surface area contributed by atoms with E-state index in [9.17, 15) is 13.2 Å². The van der Waals surface area contributed by atoms with Gasteiger partial charge in [0.25, 0.3) is 0 Å². The molecule has 2 N–H and O–H groups in total. The number of hydrogen-bond acceptors (Lipinski definition) is 4. The zero-order valence-electron chi connectivity index (χ0n) is 15.2. The number of nitriles is 1. The number of anilines is 3. The van der Waals surface area contributed by atoms with Gasteiger partial charge < -0.3 is 10.0 Å². The molecule has 0 unspecified atom stereocenters. The van der Waals surface area contributed by atoms with Gasteiger partial charge in [0.2, 0.25) is 0 Å². The first-order valence-electron chi connectivity index (χ1n) is 9.02. The van der Waals surface area contributed by atoms with Gasteiger partial charge in [-0.2, -0.15) is 5.26 Å². The number of hydrogen-bond donors (Lipinski definition) is 2. The molecule has 0 bridgehead atoms. The Balaban J connectivity index is 1.60. The molecule has 1 aliphatic carbocycles. The molecule has 3 aromatic rings. The topological polar surface area (TPSA) is 47.9 Å².